The first-order chi connectivity index (χ1) is 13.2. The summed E-state index contributed by atoms with van der Waals surface area (Å²) in [5.41, 5.74) is 1.92. The Labute approximate surface area is 158 Å². The van der Waals surface area contributed by atoms with E-state index in [9.17, 15) is 9.90 Å². The number of urea groups is 1. The predicted molar refractivity (Wildman–Crippen MR) is 100 cm³/mol. The monoisotopic (exact) mass is 368 g/mol. The van der Waals surface area contributed by atoms with Gasteiger partial charge in [0, 0.05) is 19.6 Å². The lowest BCUT2D eigenvalue weighted by molar-refractivity contribution is 0.0665. The first-order valence-electron chi connectivity index (χ1n) is 9.35. The maximum atomic E-state index is 12.4. The number of aliphatic hydroxyl groups excluding tert-OH is 1. The van der Waals surface area contributed by atoms with Gasteiger partial charge in [0.1, 0.15) is 0 Å². The molecule has 0 spiro atoms. The molecule has 1 fully saturated rings. The fourth-order valence-corrected chi connectivity index (χ4v) is 3.68. The molecular weight excluding hydrogens is 344 g/mol. The van der Waals surface area contributed by atoms with Crippen LogP contribution in [0.3, 0.4) is 0 Å². The Morgan fingerprint density at radius 3 is 2.63 bits per heavy atom. The lowest BCUT2D eigenvalue weighted by Crippen LogP contribution is -2.44. The van der Waals surface area contributed by atoms with Crippen LogP contribution in [0, 0.1) is 5.92 Å². The standard InChI is InChI=1S/C21H24N2O4/c24-20(16-4-2-1-3-5-16)17-8-10-23(11-9-17)21(25)22-13-15-6-7-18-19(12-15)27-14-26-18/h1-7,12,17,20,24H,8-11,13-14H2,(H,22,25). The van der Waals surface area contributed by atoms with Crippen LogP contribution < -0.4 is 14.8 Å². The van der Waals surface area contributed by atoms with Gasteiger partial charge in [-0.15, -0.1) is 0 Å². The number of fused-ring (bicyclic) bond motifs is 1. The Hall–Kier alpha value is -2.73. The molecule has 2 aliphatic rings. The molecule has 2 aromatic carbocycles. The number of likely N-dealkylation sites (tertiary alicyclic amines) is 1. The van der Waals surface area contributed by atoms with E-state index in [1.807, 2.05) is 53.4 Å². The second kappa shape index (κ2) is 7.88. The van der Waals surface area contributed by atoms with Crippen molar-refractivity contribution in [2.24, 2.45) is 5.92 Å². The van der Waals surface area contributed by atoms with Gasteiger partial charge < -0.3 is 24.8 Å². The molecule has 1 atom stereocenters. The van der Waals surface area contributed by atoms with Crippen LogP contribution in [-0.2, 0) is 6.54 Å². The fraction of sp³-hybridized carbons (Fsp3) is 0.381. The zero-order valence-electron chi connectivity index (χ0n) is 15.1. The normalized spacial score (nSPS) is 17.6. The summed E-state index contributed by atoms with van der Waals surface area (Å²) in [6.07, 6.45) is 1.13. The summed E-state index contributed by atoms with van der Waals surface area (Å²) in [5, 5.41) is 13.5. The predicted octanol–water partition coefficient (Wildman–Crippen LogP) is 3.07. The molecule has 0 saturated carbocycles. The van der Waals surface area contributed by atoms with Crippen LogP contribution in [0.15, 0.2) is 48.5 Å². The minimum absolute atomic E-state index is 0.0692. The Balaban J connectivity index is 1.26. The molecule has 1 unspecified atom stereocenters. The van der Waals surface area contributed by atoms with Gasteiger partial charge in [0.25, 0.3) is 0 Å². The minimum Gasteiger partial charge on any atom is -0.454 e. The van der Waals surface area contributed by atoms with Gasteiger partial charge in [0.2, 0.25) is 6.79 Å². The SMILES string of the molecule is O=C(NCc1ccc2c(c1)OCO2)N1CCC(C(O)c2ccccc2)CC1. The van der Waals surface area contributed by atoms with Crippen molar-refractivity contribution in [2.75, 3.05) is 19.9 Å². The maximum absolute atomic E-state index is 12.4. The van der Waals surface area contributed by atoms with Crippen molar-refractivity contribution in [1.29, 1.82) is 0 Å². The number of rotatable bonds is 4. The molecule has 2 amide bonds. The van der Waals surface area contributed by atoms with Gasteiger partial charge in [-0.05, 0) is 42.0 Å². The van der Waals surface area contributed by atoms with E-state index in [-0.39, 0.29) is 18.7 Å². The third kappa shape index (κ3) is 4.01. The molecule has 0 aliphatic carbocycles. The van der Waals surface area contributed by atoms with Crippen LogP contribution in [0.25, 0.3) is 0 Å². The number of ether oxygens (including phenoxy) is 2. The van der Waals surface area contributed by atoms with Crippen molar-refractivity contribution in [3.8, 4) is 11.5 Å². The van der Waals surface area contributed by atoms with Gasteiger partial charge in [-0.1, -0.05) is 36.4 Å². The number of aliphatic hydroxyl groups is 1. The van der Waals surface area contributed by atoms with Crippen molar-refractivity contribution in [1.82, 2.24) is 10.2 Å². The Morgan fingerprint density at radius 1 is 1.11 bits per heavy atom. The number of nitrogens with one attached hydrogen (secondary N) is 1. The number of amides is 2. The summed E-state index contributed by atoms with van der Waals surface area (Å²) >= 11 is 0. The number of benzene rings is 2. The first kappa shape index (κ1) is 17.7. The molecule has 2 N–H and O–H groups in total. The Kier molecular flexibility index (Phi) is 5.16. The number of carbonyl (C=O) groups excluding carboxylic acids is 1. The largest absolute Gasteiger partial charge is 0.454 e. The highest BCUT2D eigenvalue weighted by Gasteiger charge is 2.28. The fourth-order valence-electron chi connectivity index (χ4n) is 3.68. The topological polar surface area (TPSA) is 71.0 Å². The van der Waals surface area contributed by atoms with Crippen LogP contribution in [-0.4, -0.2) is 35.9 Å². The molecule has 2 aromatic rings. The minimum atomic E-state index is -0.468. The van der Waals surface area contributed by atoms with Crippen molar-refractivity contribution in [2.45, 2.75) is 25.5 Å². The van der Waals surface area contributed by atoms with Crippen LogP contribution in [0.1, 0.15) is 30.1 Å². The van der Waals surface area contributed by atoms with E-state index in [0.29, 0.717) is 19.6 Å². The van der Waals surface area contributed by atoms with Crippen molar-refractivity contribution < 1.29 is 19.4 Å². The smallest absolute Gasteiger partial charge is 0.317 e. The summed E-state index contributed by atoms with van der Waals surface area (Å²) < 4.78 is 10.7. The summed E-state index contributed by atoms with van der Waals surface area (Å²) in [6.45, 7) is 2.00. The number of hydrogen-bond acceptors (Lipinski definition) is 4. The lowest BCUT2D eigenvalue weighted by atomic mass is 9.87. The van der Waals surface area contributed by atoms with E-state index in [0.717, 1.165) is 35.5 Å². The highest BCUT2D eigenvalue weighted by Crippen LogP contribution is 2.33. The molecule has 4 rings (SSSR count). The molecule has 0 radical (unpaired) electrons. The molecule has 0 aromatic heterocycles. The molecule has 6 heteroatoms. The Bertz CT molecular complexity index is 788. The van der Waals surface area contributed by atoms with E-state index >= 15 is 0 Å². The van der Waals surface area contributed by atoms with E-state index in [2.05, 4.69) is 5.32 Å². The zero-order valence-corrected chi connectivity index (χ0v) is 15.1. The van der Waals surface area contributed by atoms with Crippen molar-refractivity contribution in [3.63, 3.8) is 0 Å². The molecule has 6 nitrogen and oxygen atoms in total. The average molecular weight is 368 g/mol. The van der Waals surface area contributed by atoms with E-state index in [1.165, 1.54) is 0 Å². The van der Waals surface area contributed by atoms with E-state index < -0.39 is 6.10 Å². The maximum Gasteiger partial charge on any atom is 0.317 e. The van der Waals surface area contributed by atoms with Crippen molar-refractivity contribution in [3.05, 3.63) is 59.7 Å². The summed E-state index contributed by atoms with van der Waals surface area (Å²) in [4.78, 5) is 14.3. The molecule has 2 heterocycles. The second-order valence-corrected chi connectivity index (χ2v) is 7.03. The van der Waals surface area contributed by atoms with Gasteiger partial charge in [-0.25, -0.2) is 4.79 Å². The number of piperidine rings is 1. The van der Waals surface area contributed by atoms with E-state index in [4.69, 9.17) is 9.47 Å². The van der Waals surface area contributed by atoms with Gasteiger partial charge in [0.15, 0.2) is 11.5 Å². The molecule has 2 aliphatic heterocycles. The highest BCUT2D eigenvalue weighted by atomic mass is 16.7. The van der Waals surface area contributed by atoms with Crippen LogP contribution >= 0.6 is 0 Å². The van der Waals surface area contributed by atoms with Gasteiger partial charge >= 0.3 is 6.03 Å². The van der Waals surface area contributed by atoms with Gasteiger partial charge in [-0.3, -0.25) is 0 Å². The zero-order chi connectivity index (χ0) is 18.6. The van der Waals surface area contributed by atoms with E-state index in [1.54, 1.807) is 0 Å². The number of carbonyl (C=O) groups is 1. The van der Waals surface area contributed by atoms with Gasteiger partial charge in [0.05, 0.1) is 6.10 Å². The molecule has 1 saturated heterocycles. The van der Waals surface area contributed by atoms with Crippen LogP contribution in [0.5, 0.6) is 11.5 Å². The average Bonchev–Trinajstić information content (AvgIpc) is 3.20. The molecular formula is C21H24N2O4. The highest BCUT2D eigenvalue weighted by molar-refractivity contribution is 5.74. The second-order valence-electron chi connectivity index (χ2n) is 7.03. The lowest BCUT2D eigenvalue weighted by Gasteiger charge is -2.34. The summed E-state index contributed by atoms with van der Waals surface area (Å²) in [6, 6.07) is 15.4. The van der Waals surface area contributed by atoms with Crippen molar-refractivity contribution >= 4 is 6.03 Å². The molecule has 0 bridgehead atoms. The third-order valence-corrected chi connectivity index (χ3v) is 5.30. The number of nitrogens with zero attached hydrogens (tertiary/aromatic N) is 1. The van der Waals surface area contributed by atoms with Gasteiger partial charge in [-0.2, -0.15) is 0 Å². The third-order valence-electron chi connectivity index (χ3n) is 5.30. The Morgan fingerprint density at radius 2 is 1.85 bits per heavy atom. The van der Waals surface area contributed by atoms with Crippen LogP contribution in [0.2, 0.25) is 0 Å². The quantitative estimate of drug-likeness (QED) is 0.870. The summed E-state index contributed by atoms with van der Waals surface area (Å²) in [7, 11) is 0. The molecule has 142 valence electrons. The summed E-state index contributed by atoms with van der Waals surface area (Å²) in [5.74, 6) is 1.65. The van der Waals surface area contributed by atoms with Crippen LogP contribution in [0.4, 0.5) is 4.79 Å². The molecule has 27 heavy (non-hydrogen) atoms. The first-order valence-corrected chi connectivity index (χ1v) is 9.35. The number of hydrogen-bond donors (Lipinski definition) is 2.